The normalized spacial score (nSPS) is 11.0. The number of hydrogen-bond acceptors (Lipinski definition) is 3. The number of imidazole rings is 1. The van der Waals surface area contributed by atoms with E-state index in [4.69, 9.17) is 4.98 Å². The number of halogens is 1. The Morgan fingerprint density at radius 3 is 2.44 bits per heavy atom. The lowest BCUT2D eigenvalue weighted by atomic mass is 10.2. The summed E-state index contributed by atoms with van der Waals surface area (Å²) in [6, 6.07) is 13.7. The number of amides is 2. The molecule has 0 unspecified atom stereocenters. The smallest absolute Gasteiger partial charge is 0.254 e. The van der Waals surface area contributed by atoms with E-state index < -0.39 is 11.7 Å². The van der Waals surface area contributed by atoms with E-state index in [0.29, 0.717) is 19.4 Å². The van der Waals surface area contributed by atoms with Gasteiger partial charge in [0.15, 0.2) is 0 Å². The molecule has 2 aromatic carbocycles. The number of nitrogens with one attached hydrogen (secondary N) is 1. The highest BCUT2D eigenvalue weighted by Gasteiger charge is 2.17. The van der Waals surface area contributed by atoms with Gasteiger partial charge in [0.1, 0.15) is 18.2 Å². The van der Waals surface area contributed by atoms with Gasteiger partial charge in [-0.3, -0.25) is 9.59 Å². The molecule has 0 aliphatic carbocycles. The molecule has 1 heterocycles. The standard InChI is InChI=1S/C25H31FN4O2/c1-3-16-29(17-4-2)24(31)18-30-22-13-8-7-12-21(22)28-23(30)14-9-15-27-25(32)19-10-5-6-11-20(19)26/h5-8,10-13H,3-4,9,14-18H2,1-2H3,(H,27,32). The van der Waals surface area contributed by atoms with Crippen molar-refractivity contribution in [2.24, 2.45) is 0 Å². The van der Waals surface area contributed by atoms with Crippen molar-refractivity contribution >= 4 is 22.8 Å². The molecule has 0 bridgehead atoms. The Bertz CT molecular complexity index is 1060. The zero-order chi connectivity index (χ0) is 22.9. The van der Waals surface area contributed by atoms with Gasteiger partial charge in [-0.2, -0.15) is 0 Å². The van der Waals surface area contributed by atoms with Crippen molar-refractivity contribution in [3.05, 3.63) is 65.7 Å². The van der Waals surface area contributed by atoms with Crippen LogP contribution in [0.3, 0.4) is 0 Å². The number of hydrogen-bond donors (Lipinski definition) is 1. The van der Waals surface area contributed by atoms with Gasteiger partial charge in [-0.05, 0) is 43.5 Å². The van der Waals surface area contributed by atoms with E-state index in [1.807, 2.05) is 33.7 Å². The molecule has 1 N–H and O–H groups in total. The fourth-order valence-electron chi connectivity index (χ4n) is 3.82. The molecule has 3 rings (SSSR count). The molecular formula is C25H31FN4O2. The Morgan fingerprint density at radius 1 is 1.03 bits per heavy atom. The second-order valence-electron chi connectivity index (χ2n) is 7.82. The van der Waals surface area contributed by atoms with E-state index in [1.54, 1.807) is 12.1 Å². The molecular weight excluding hydrogens is 407 g/mol. The third-order valence-corrected chi connectivity index (χ3v) is 5.35. The minimum Gasteiger partial charge on any atom is -0.352 e. The van der Waals surface area contributed by atoms with Crippen LogP contribution < -0.4 is 5.32 Å². The van der Waals surface area contributed by atoms with Gasteiger partial charge in [0.25, 0.3) is 5.91 Å². The lowest BCUT2D eigenvalue weighted by molar-refractivity contribution is -0.131. The Balaban J connectivity index is 1.68. The third-order valence-electron chi connectivity index (χ3n) is 5.35. The van der Waals surface area contributed by atoms with Crippen LogP contribution in [-0.4, -0.2) is 45.9 Å². The predicted molar refractivity (Wildman–Crippen MR) is 124 cm³/mol. The van der Waals surface area contributed by atoms with Crippen LogP contribution in [0.5, 0.6) is 0 Å². The summed E-state index contributed by atoms with van der Waals surface area (Å²) < 4.78 is 15.8. The monoisotopic (exact) mass is 438 g/mol. The number of carbonyl (C=O) groups is 2. The van der Waals surface area contributed by atoms with Gasteiger partial charge in [-0.25, -0.2) is 9.37 Å². The Morgan fingerprint density at radius 2 is 1.72 bits per heavy atom. The molecule has 0 aliphatic heterocycles. The molecule has 0 fully saturated rings. The van der Waals surface area contributed by atoms with Crippen molar-refractivity contribution in [3.8, 4) is 0 Å². The SMILES string of the molecule is CCCN(CCC)C(=O)Cn1c(CCCNC(=O)c2ccccc2F)nc2ccccc21. The molecule has 3 aromatic rings. The van der Waals surface area contributed by atoms with Crippen LogP contribution in [-0.2, 0) is 17.8 Å². The molecule has 0 spiro atoms. The van der Waals surface area contributed by atoms with Crippen LogP contribution in [0, 0.1) is 5.82 Å². The van der Waals surface area contributed by atoms with Crippen molar-refractivity contribution in [1.29, 1.82) is 0 Å². The average Bonchev–Trinajstić information content (AvgIpc) is 3.14. The summed E-state index contributed by atoms with van der Waals surface area (Å²) >= 11 is 0. The average molecular weight is 439 g/mol. The predicted octanol–water partition coefficient (Wildman–Crippen LogP) is 4.19. The van der Waals surface area contributed by atoms with Gasteiger partial charge in [0.05, 0.1) is 16.6 Å². The fourth-order valence-corrected chi connectivity index (χ4v) is 3.82. The second-order valence-corrected chi connectivity index (χ2v) is 7.82. The van der Waals surface area contributed by atoms with Crippen molar-refractivity contribution < 1.29 is 14.0 Å². The minimum absolute atomic E-state index is 0.0391. The largest absolute Gasteiger partial charge is 0.352 e. The number of nitrogens with zero attached hydrogens (tertiary/aromatic N) is 3. The van der Waals surface area contributed by atoms with Crippen LogP contribution in [0.15, 0.2) is 48.5 Å². The van der Waals surface area contributed by atoms with E-state index in [9.17, 15) is 14.0 Å². The molecule has 32 heavy (non-hydrogen) atoms. The van der Waals surface area contributed by atoms with Crippen LogP contribution >= 0.6 is 0 Å². The van der Waals surface area contributed by atoms with Crippen molar-refractivity contribution in [3.63, 3.8) is 0 Å². The molecule has 170 valence electrons. The zero-order valence-electron chi connectivity index (χ0n) is 18.8. The maximum Gasteiger partial charge on any atom is 0.254 e. The summed E-state index contributed by atoms with van der Waals surface area (Å²) in [5.41, 5.74) is 1.82. The second kappa shape index (κ2) is 11.4. The first-order valence-electron chi connectivity index (χ1n) is 11.3. The van der Waals surface area contributed by atoms with Gasteiger partial charge < -0.3 is 14.8 Å². The summed E-state index contributed by atoms with van der Waals surface area (Å²) in [4.78, 5) is 31.8. The first-order chi connectivity index (χ1) is 15.5. The molecule has 0 aliphatic rings. The van der Waals surface area contributed by atoms with Gasteiger partial charge >= 0.3 is 0 Å². The number of para-hydroxylation sites is 2. The fraction of sp³-hybridized carbons (Fsp3) is 0.400. The molecule has 0 atom stereocenters. The van der Waals surface area contributed by atoms with E-state index >= 15 is 0 Å². The van der Waals surface area contributed by atoms with Crippen LogP contribution in [0.2, 0.25) is 0 Å². The number of aryl methyl sites for hydroxylation is 1. The molecule has 0 saturated heterocycles. The van der Waals surface area contributed by atoms with E-state index in [0.717, 1.165) is 42.8 Å². The maximum atomic E-state index is 13.8. The summed E-state index contributed by atoms with van der Waals surface area (Å²) in [5.74, 6) is -0.0610. The summed E-state index contributed by atoms with van der Waals surface area (Å²) in [6.45, 7) is 6.28. The maximum absolute atomic E-state index is 13.8. The molecule has 1 aromatic heterocycles. The van der Waals surface area contributed by atoms with Crippen molar-refractivity contribution in [1.82, 2.24) is 19.8 Å². The highest BCUT2D eigenvalue weighted by molar-refractivity contribution is 5.94. The van der Waals surface area contributed by atoms with Crippen molar-refractivity contribution in [2.75, 3.05) is 19.6 Å². The highest BCUT2D eigenvalue weighted by Crippen LogP contribution is 2.18. The van der Waals surface area contributed by atoms with Crippen LogP contribution in [0.25, 0.3) is 11.0 Å². The van der Waals surface area contributed by atoms with Gasteiger partial charge in [-0.15, -0.1) is 0 Å². The minimum atomic E-state index is -0.533. The third kappa shape index (κ3) is 5.72. The number of fused-ring (bicyclic) bond motifs is 1. The van der Waals surface area contributed by atoms with Crippen LogP contribution in [0.1, 0.15) is 49.3 Å². The zero-order valence-corrected chi connectivity index (χ0v) is 18.8. The molecule has 0 saturated carbocycles. The van der Waals surface area contributed by atoms with Gasteiger partial charge in [-0.1, -0.05) is 38.1 Å². The number of benzene rings is 2. The lowest BCUT2D eigenvalue weighted by Gasteiger charge is -2.22. The molecule has 7 heteroatoms. The summed E-state index contributed by atoms with van der Waals surface area (Å²) in [6.07, 6.45) is 3.07. The molecule has 0 radical (unpaired) electrons. The van der Waals surface area contributed by atoms with Gasteiger partial charge in [0.2, 0.25) is 5.91 Å². The van der Waals surface area contributed by atoms with Crippen LogP contribution in [0.4, 0.5) is 4.39 Å². The first-order valence-corrected chi connectivity index (χ1v) is 11.3. The van der Waals surface area contributed by atoms with E-state index in [1.165, 1.54) is 12.1 Å². The number of carbonyl (C=O) groups excluding carboxylic acids is 2. The quantitative estimate of drug-likeness (QED) is 0.457. The first kappa shape index (κ1) is 23.4. The number of rotatable bonds is 11. The molecule has 6 nitrogen and oxygen atoms in total. The Labute approximate surface area is 188 Å². The summed E-state index contributed by atoms with van der Waals surface area (Å²) in [7, 11) is 0. The highest BCUT2D eigenvalue weighted by atomic mass is 19.1. The Kier molecular flexibility index (Phi) is 8.36. The molecule has 2 amide bonds. The Hall–Kier alpha value is -3.22. The number of aromatic nitrogens is 2. The lowest BCUT2D eigenvalue weighted by Crippen LogP contribution is -2.35. The van der Waals surface area contributed by atoms with E-state index in [2.05, 4.69) is 19.2 Å². The van der Waals surface area contributed by atoms with E-state index in [-0.39, 0.29) is 18.0 Å². The topological polar surface area (TPSA) is 67.2 Å². The van der Waals surface area contributed by atoms with Crippen molar-refractivity contribution in [2.45, 2.75) is 46.1 Å². The van der Waals surface area contributed by atoms with Gasteiger partial charge in [0, 0.05) is 26.1 Å². The summed E-state index contributed by atoms with van der Waals surface area (Å²) in [5, 5.41) is 2.76.